The number of hydrogen-bond donors (Lipinski definition) is 4. The number of para-hydroxylation sites is 1. The van der Waals surface area contributed by atoms with Crippen molar-refractivity contribution in [2.75, 3.05) is 19.8 Å². The van der Waals surface area contributed by atoms with E-state index in [4.69, 9.17) is 4.74 Å². The average Bonchev–Trinajstić information content (AvgIpc) is 3.29. The predicted octanol–water partition coefficient (Wildman–Crippen LogP) is 6.61. The third-order valence-corrected chi connectivity index (χ3v) is 6.95. The van der Waals surface area contributed by atoms with Crippen LogP contribution < -0.4 is 5.32 Å². The van der Waals surface area contributed by atoms with E-state index in [1.165, 1.54) is 77.0 Å². The number of rotatable bonds is 23. The van der Waals surface area contributed by atoms with Crippen LogP contribution in [0.2, 0.25) is 0 Å². The molecule has 1 unspecified atom stereocenters. The molecular weight excluding hydrogens is 452 g/mol. The van der Waals surface area contributed by atoms with E-state index in [0.717, 1.165) is 29.3 Å². The van der Waals surface area contributed by atoms with E-state index in [1.54, 1.807) is 0 Å². The van der Waals surface area contributed by atoms with Crippen LogP contribution in [0, 0.1) is 0 Å². The summed E-state index contributed by atoms with van der Waals surface area (Å²) in [6, 6.07) is 7.10. The molecule has 36 heavy (non-hydrogen) atoms. The zero-order chi connectivity index (χ0) is 25.8. The lowest BCUT2D eigenvalue weighted by molar-refractivity contribution is -0.139. The minimum Gasteiger partial charge on any atom is -0.480 e. The summed E-state index contributed by atoms with van der Waals surface area (Å²) >= 11 is 0. The van der Waals surface area contributed by atoms with E-state index in [2.05, 4.69) is 17.2 Å². The number of carboxylic acid groups (broad SMARTS) is 1. The van der Waals surface area contributed by atoms with E-state index < -0.39 is 18.1 Å². The number of aliphatic hydroxyl groups excluding tert-OH is 1. The van der Waals surface area contributed by atoms with E-state index in [9.17, 15) is 15.0 Å². The van der Waals surface area contributed by atoms with Crippen molar-refractivity contribution in [3.05, 3.63) is 36.0 Å². The fourth-order valence-corrected chi connectivity index (χ4v) is 4.72. The van der Waals surface area contributed by atoms with Gasteiger partial charge in [-0.25, -0.2) is 0 Å². The Morgan fingerprint density at radius 3 is 2.11 bits per heavy atom. The monoisotopic (exact) mass is 502 g/mol. The molecule has 0 saturated heterocycles. The molecule has 6 heteroatoms. The van der Waals surface area contributed by atoms with Gasteiger partial charge < -0.3 is 25.3 Å². The molecule has 1 heterocycles. The molecule has 0 aliphatic rings. The normalized spacial score (nSPS) is 13.3. The molecular formula is C30H50N2O4. The quantitative estimate of drug-likeness (QED) is 0.128. The number of fused-ring (bicyclic) bond motifs is 1. The summed E-state index contributed by atoms with van der Waals surface area (Å²) in [5.74, 6) is -0.921. The molecule has 2 atom stereocenters. The molecule has 6 nitrogen and oxygen atoms in total. The largest absolute Gasteiger partial charge is 0.480 e. The molecule has 0 fully saturated rings. The van der Waals surface area contributed by atoms with E-state index in [0.29, 0.717) is 13.0 Å². The van der Waals surface area contributed by atoms with Crippen LogP contribution in [0.15, 0.2) is 30.5 Å². The zero-order valence-electron chi connectivity index (χ0n) is 22.5. The van der Waals surface area contributed by atoms with Crippen molar-refractivity contribution in [3.8, 4) is 0 Å². The van der Waals surface area contributed by atoms with Crippen LogP contribution in [0.25, 0.3) is 10.9 Å². The van der Waals surface area contributed by atoms with Crippen molar-refractivity contribution in [1.29, 1.82) is 0 Å². The van der Waals surface area contributed by atoms with Gasteiger partial charge in [0.05, 0.1) is 12.7 Å². The maximum atomic E-state index is 11.7. The number of aliphatic carboxylic acids is 1. The van der Waals surface area contributed by atoms with Gasteiger partial charge in [0.15, 0.2) is 0 Å². The maximum Gasteiger partial charge on any atom is 0.321 e. The first kappa shape index (κ1) is 30.3. The second kappa shape index (κ2) is 19.3. The molecule has 0 saturated carbocycles. The highest BCUT2D eigenvalue weighted by Gasteiger charge is 2.20. The Labute approximate surface area is 218 Å². The van der Waals surface area contributed by atoms with Crippen molar-refractivity contribution < 1.29 is 19.7 Å². The lowest BCUT2D eigenvalue weighted by Gasteiger charge is -2.17. The summed E-state index contributed by atoms with van der Waals surface area (Å²) < 4.78 is 5.62. The summed E-state index contributed by atoms with van der Waals surface area (Å²) in [5, 5.41) is 23.8. The molecule has 0 spiro atoms. The number of hydrogen-bond acceptors (Lipinski definition) is 4. The molecule has 1 aromatic heterocycles. The molecule has 0 amide bonds. The molecule has 204 valence electrons. The minimum absolute atomic E-state index is 0.193. The summed E-state index contributed by atoms with van der Waals surface area (Å²) in [4.78, 5) is 14.9. The van der Waals surface area contributed by atoms with Gasteiger partial charge in [0, 0.05) is 36.7 Å². The molecule has 0 aliphatic carbocycles. The molecule has 0 aliphatic heterocycles. The first-order valence-corrected chi connectivity index (χ1v) is 14.4. The van der Waals surface area contributed by atoms with Crippen molar-refractivity contribution in [2.24, 2.45) is 0 Å². The van der Waals surface area contributed by atoms with Gasteiger partial charge in [-0.05, 0) is 18.1 Å². The Bertz CT molecular complexity index is 822. The van der Waals surface area contributed by atoms with Gasteiger partial charge in [0.1, 0.15) is 6.04 Å². The highest BCUT2D eigenvalue weighted by Crippen LogP contribution is 2.19. The van der Waals surface area contributed by atoms with Crippen LogP contribution in [0.1, 0.15) is 102 Å². The minimum atomic E-state index is -0.921. The Balaban J connectivity index is 1.43. The lowest BCUT2D eigenvalue weighted by Crippen LogP contribution is -2.43. The number of nitrogens with one attached hydrogen (secondary N) is 2. The average molecular weight is 503 g/mol. The van der Waals surface area contributed by atoms with Crippen molar-refractivity contribution >= 4 is 16.9 Å². The van der Waals surface area contributed by atoms with Gasteiger partial charge in [-0.1, -0.05) is 109 Å². The number of ether oxygens (including phenoxy) is 1. The number of aliphatic hydroxyl groups is 1. The van der Waals surface area contributed by atoms with Gasteiger partial charge in [-0.15, -0.1) is 0 Å². The van der Waals surface area contributed by atoms with Crippen LogP contribution in [0.3, 0.4) is 0 Å². The second-order valence-electron chi connectivity index (χ2n) is 10.2. The van der Waals surface area contributed by atoms with Crippen molar-refractivity contribution in [3.63, 3.8) is 0 Å². The van der Waals surface area contributed by atoms with Crippen LogP contribution in [0.5, 0.6) is 0 Å². The van der Waals surface area contributed by atoms with Crippen LogP contribution in [-0.2, 0) is 16.0 Å². The molecule has 2 rings (SSSR count). The highest BCUT2D eigenvalue weighted by atomic mass is 16.5. The van der Waals surface area contributed by atoms with E-state index >= 15 is 0 Å². The van der Waals surface area contributed by atoms with Gasteiger partial charge in [-0.3, -0.25) is 4.79 Å². The van der Waals surface area contributed by atoms with Crippen LogP contribution in [0.4, 0.5) is 0 Å². The van der Waals surface area contributed by atoms with Gasteiger partial charge in [0.25, 0.3) is 0 Å². The number of carbonyl (C=O) groups is 1. The van der Waals surface area contributed by atoms with Gasteiger partial charge in [0.2, 0.25) is 0 Å². The Morgan fingerprint density at radius 2 is 1.50 bits per heavy atom. The first-order chi connectivity index (χ1) is 17.6. The molecule has 2 aromatic rings. The summed E-state index contributed by atoms with van der Waals surface area (Å²) in [6.07, 6.45) is 20.1. The van der Waals surface area contributed by atoms with E-state index in [-0.39, 0.29) is 13.2 Å². The maximum absolute atomic E-state index is 11.7. The van der Waals surface area contributed by atoms with Gasteiger partial charge in [-0.2, -0.15) is 0 Å². The number of benzene rings is 1. The SMILES string of the molecule is CCCCCCCCCCCCCCCCOCC(O)CN[C@@H](Cc1c[nH]c2ccccc12)C(=O)O. The predicted molar refractivity (Wildman–Crippen MR) is 149 cm³/mol. The fourth-order valence-electron chi connectivity index (χ4n) is 4.72. The number of carboxylic acids is 1. The molecule has 1 aromatic carbocycles. The van der Waals surface area contributed by atoms with Crippen LogP contribution in [-0.4, -0.2) is 53.1 Å². The lowest BCUT2D eigenvalue weighted by atomic mass is 10.0. The van der Waals surface area contributed by atoms with E-state index in [1.807, 2.05) is 30.5 Å². The Morgan fingerprint density at radius 1 is 0.917 bits per heavy atom. The third-order valence-electron chi connectivity index (χ3n) is 6.95. The summed E-state index contributed by atoms with van der Waals surface area (Å²) in [7, 11) is 0. The highest BCUT2D eigenvalue weighted by molar-refractivity contribution is 5.84. The molecule has 0 bridgehead atoms. The van der Waals surface area contributed by atoms with Crippen molar-refractivity contribution in [2.45, 2.75) is 115 Å². The fraction of sp³-hybridized carbons (Fsp3) is 0.700. The first-order valence-electron chi connectivity index (χ1n) is 14.4. The summed E-state index contributed by atoms with van der Waals surface area (Å²) in [6.45, 7) is 3.33. The zero-order valence-corrected chi connectivity index (χ0v) is 22.5. The van der Waals surface area contributed by atoms with Gasteiger partial charge >= 0.3 is 5.97 Å². The number of aromatic nitrogens is 1. The van der Waals surface area contributed by atoms with Crippen molar-refractivity contribution in [1.82, 2.24) is 10.3 Å². The second-order valence-corrected chi connectivity index (χ2v) is 10.2. The third kappa shape index (κ3) is 12.9. The topological polar surface area (TPSA) is 94.6 Å². The smallest absolute Gasteiger partial charge is 0.321 e. The Hall–Kier alpha value is -1.89. The Kier molecular flexibility index (Phi) is 16.2. The standard InChI is InChI=1S/C30H50N2O4/c1-2-3-4-5-6-7-8-9-10-11-12-13-14-17-20-36-24-26(33)23-32-29(30(34)35)21-25-22-31-28-19-16-15-18-27(25)28/h15-16,18-19,22,26,29,31-33H,2-14,17,20-21,23-24H2,1H3,(H,34,35)/t26?,29-/m0/s1. The summed E-state index contributed by atoms with van der Waals surface area (Å²) in [5.41, 5.74) is 1.95. The number of unbranched alkanes of at least 4 members (excludes halogenated alkanes) is 13. The molecule has 0 radical (unpaired) electrons. The molecule has 4 N–H and O–H groups in total. The van der Waals surface area contributed by atoms with Crippen LogP contribution >= 0.6 is 0 Å². The number of aromatic amines is 1. The number of H-pyrrole nitrogens is 1.